The Kier molecular flexibility index (Phi) is 5.81. The number of aromatic nitrogens is 1. The van der Waals surface area contributed by atoms with Gasteiger partial charge in [-0.3, -0.25) is 0 Å². The van der Waals surface area contributed by atoms with E-state index < -0.39 is 0 Å². The minimum atomic E-state index is 0.154. The van der Waals surface area contributed by atoms with Gasteiger partial charge in [-0.15, -0.1) is 11.3 Å². The van der Waals surface area contributed by atoms with Gasteiger partial charge < -0.3 is 10.2 Å². The molecule has 1 N–H and O–H groups in total. The zero-order chi connectivity index (χ0) is 14.6. The smallest absolute Gasteiger partial charge is 0.186 e. The zero-order valence-corrected chi connectivity index (χ0v) is 14.3. The standard InChI is InChI=1S/C15H29N3S/c1-8-15(5,6)18(7)14-17-13(11(3)4)12(19-14)10-16-9-2/h11,16H,8-10H2,1-7H3. The minimum Gasteiger partial charge on any atom is -0.346 e. The SMILES string of the molecule is CCNCc1sc(N(C)C(C)(C)CC)nc1C(C)C. The first kappa shape index (κ1) is 16.4. The zero-order valence-electron chi connectivity index (χ0n) is 13.5. The predicted octanol–water partition coefficient (Wildman–Crippen LogP) is 4.00. The molecule has 1 heterocycles. The van der Waals surface area contributed by atoms with Crippen LogP contribution in [0.1, 0.15) is 64.5 Å². The van der Waals surface area contributed by atoms with Crippen molar-refractivity contribution in [1.82, 2.24) is 10.3 Å². The predicted molar refractivity (Wildman–Crippen MR) is 86.4 cm³/mol. The number of anilines is 1. The molecule has 0 radical (unpaired) electrons. The van der Waals surface area contributed by atoms with Crippen molar-refractivity contribution < 1.29 is 0 Å². The van der Waals surface area contributed by atoms with Gasteiger partial charge in [0, 0.05) is 24.0 Å². The molecule has 0 fully saturated rings. The van der Waals surface area contributed by atoms with E-state index in [1.807, 2.05) is 11.3 Å². The van der Waals surface area contributed by atoms with Crippen LogP contribution in [0.4, 0.5) is 5.13 Å². The van der Waals surface area contributed by atoms with Gasteiger partial charge in [0.25, 0.3) is 0 Å². The van der Waals surface area contributed by atoms with Gasteiger partial charge in [0.2, 0.25) is 0 Å². The second-order valence-electron chi connectivity index (χ2n) is 5.96. The highest BCUT2D eigenvalue weighted by molar-refractivity contribution is 7.15. The van der Waals surface area contributed by atoms with Crippen molar-refractivity contribution in [3.63, 3.8) is 0 Å². The van der Waals surface area contributed by atoms with Crippen LogP contribution in [0.25, 0.3) is 0 Å². The molecule has 0 aromatic carbocycles. The number of hydrogen-bond acceptors (Lipinski definition) is 4. The first-order valence-corrected chi connectivity index (χ1v) is 8.09. The molecular weight excluding hydrogens is 254 g/mol. The Morgan fingerprint density at radius 1 is 1.32 bits per heavy atom. The van der Waals surface area contributed by atoms with Crippen LogP contribution in [0.2, 0.25) is 0 Å². The van der Waals surface area contributed by atoms with Crippen LogP contribution in [0.3, 0.4) is 0 Å². The molecule has 0 saturated carbocycles. The summed E-state index contributed by atoms with van der Waals surface area (Å²) in [5, 5.41) is 4.56. The van der Waals surface area contributed by atoms with Crippen LogP contribution in [0.15, 0.2) is 0 Å². The lowest BCUT2D eigenvalue weighted by molar-refractivity contribution is 0.469. The molecule has 3 nitrogen and oxygen atoms in total. The van der Waals surface area contributed by atoms with E-state index in [9.17, 15) is 0 Å². The molecule has 0 atom stereocenters. The van der Waals surface area contributed by atoms with E-state index in [1.54, 1.807) is 0 Å². The van der Waals surface area contributed by atoms with Crippen molar-refractivity contribution in [3.8, 4) is 0 Å². The summed E-state index contributed by atoms with van der Waals surface area (Å²) in [5.74, 6) is 0.483. The summed E-state index contributed by atoms with van der Waals surface area (Å²) in [5.41, 5.74) is 1.40. The van der Waals surface area contributed by atoms with Crippen molar-refractivity contribution in [2.45, 2.75) is 66.0 Å². The third kappa shape index (κ3) is 3.93. The highest BCUT2D eigenvalue weighted by Gasteiger charge is 2.25. The first-order chi connectivity index (χ1) is 8.83. The number of hydrogen-bond donors (Lipinski definition) is 1. The largest absolute Gasteiger partial charge is 0.346 e. The quantitative estimate of drug-likeness (QED) is 0.820. The van der Waals surface area contributed by atoms with Gasteiger partial charge in [0.1, 0.15) is 0 Å². The summed E-state index contributed by atoms with van der Waals surface area (Å²) in [7, 11) is 2.16. The average molecular weight is 283 g/mol. The number of thiazole rings is 1. The van der Waals surface area contributed by atoms with E-state index in [4.69, 9.17) is 4.98 Å². The highest BCUT2D eigenvalue weighted by atomic mass is 32.1. The third-order valence-corrected chi connectivity index (χ3v) is 5.01. The number of rotatable bonds is 7. The fourth-order valence-electron chi connectivity index (χ4n) is 1.81. The Morgan fingerprint density at radius 3 is 2.42 bits per heavy atom. The van der Waals surface area contributed by atoms with Gasteiger partial charge in [0.05, 0.1) is 5.69 Å². The molecule has 0 aliphatic carbocycles. The molecule has 1 aromatic heterocycles. The lowest BCUT2D eigenvalue weighted by Crippen LogP contribution is -2.40. The number of nitrogens with zero attached hydrogens (tertiary/aromatic N) is 2. The van der Waals surface area contributed by atoms with E-state index in [0.717, 1.165) is 24.6 Å². The number of nitrogens with one attached hydrogen (secondary N) is 1. The molecule has 110 valence electrons. The Hall–Kier alpha value is -0.610. The van der Waals surface area contributed by atoms with Gasteiger partial charge in [-0.05, 0) is 32.7 Å². The van der Waals surface area contributed by atoms with Gasteiger partial charge in [-0.1, -0.05) is 27.7 Å². The maximum atomic E-state index is 4.88. The summed E-state index contributed by atoms with van der Waals surface area (Å²) in [6, 6.07) is 0. The molecule has 0 unspecified atom stereocenters. The summed E-state index contributed by atoms with van der Waals surface area (Å²) in [6.07, 6.45) is 1.11. The molecule has 0 aliphatic heterocycles. The van der Waals surface area contributed by atoms with E-state index in [-0.39, 0.29) is 5.54 Å². The molecule has 0 bridgehead atoms. The van der Waals surface area contributed by atoms with E-state index >= 15 is 0 Å². The van der Waals surface area contributed by atoms with Gasteiger partial charge in [-0.2, -0.15) is 0 Å². The second-order valence-corrected chi connectivity index (χ2v) is 7.03. The van der Waals surface area contributed by atoms with Crippen LogP contribution in [-0.4, -0.2) is 24.1 Å². The first-order valence-electron chi connectivity index (χ1n) is 7.27. The molecule has 0 aliphatic rings. The van der Waals surface area contributed by atoms with Crippen molar-refractivity contribution in [1.29, 1.82) is 0 Å². The van der Waals surface area contributed by atoms with Crippen LogP contribution in [-0.2, 0) is 6.54 Å². The molecule has 1 rings (SSSR count). The van der Waals surface area contributed by atoms with E-state index in [1.165, 1.54) is 10.6 Å². The summed E-state index contributed by atoms with van der Waals surface area (Å²) in [6.45, 7) is 15.3. The van der Waals surface area contributed by atoms with Gasteiger partial charge in [-0.25, -0.2) is 4.98 Å². The Bertz CT molecular complexity index is 396. The maximum Gasteiger partial charge on any atom is 0.186 e. The van der Waals surface area contributed by atoms with Crippen molar-refractivity contribution in [2.24, 2.45) is 0 Å². The van der Waals surface area contributed by atoms with E-state index in [0.29, 0.717) is 5.92 Å². The third-order valence-electron chi connectivity index (χ3n) is 3.86. The summed E-state index contributed by atoms with van der Waals surface area (Å²) in [4.78, 5) is 8.58. The fraction of sp³-hybridized carbons (Fsp3) is 0.800. The molecule has 0 amide bonds. The lowest BCUT2D eigenvalue weighted by Gasteiger charge is -2.34. The van der Waals surface area contributed by atoms with Crippen molar-refractivity contribution in [3.05, 3.63) is 10.6 Å². The summed E-state index contributed by atoms with van der Waals surface area (Å²) >= 11 is 1.83. The van der Waals surface area contributed by atoms with Gasteiger partial charge >= 0.3 is 0 Å². The molecule has 0 saturated heterocycles. The van der Waals surface area contributed by atoms with Crippen LogP contribution >= 0.6 is 11.3 Å². The van der Waals surface area contributed by atoms with Crippen molar-refractivity contribution >= 4 is 16.5 Å². The van der Waals surface area contributed by atoms with Crippen molar-refractivity contribution in [2.75, 3.05) is 18.5 Å². The fourth-order valence-corrected chi connectivity index (χ4v) is 3.12. The maximum absolute atomic E-state index is 4.88. The second kappa shape index (κ2) is 6.71. The molecule has 4 heteroatoms. The van der Waals surface area contributed by atoms with Crippen LogP contribution in [0, 0.1) is 0 Å². The molecular formula is C15H29N3S. The lowest BCUT2D eigenvalue weighted by atomic mass is 10.0. The van der Waals surface area contributed by atoms with Crippen LogP contribution in [0.5, 0.6) is 0 Å². The average Bonchev–Trinajstić information content (AvgIpc) is 2.79. The molecule has 0 spiro atoms. The monoisotopic (exact) mass is 283 g/mol. The van der Waals surface area contributed by atoms with E-state index in [2.05, 4.69) is 58.8 Å². The Labute approximate surface area is 122 Å². The van der Waals surface area contributed by atoms with Crippen LogP contribution < -0.4 is 10.2 Å². The Morgan fingerprint density at radius 2 is 1.95 bits per heavy atom. The normalized spacial score (nSPS) is 12.2. The van der Waals surface area contributed by atoms with Gasteiger partial charge in [0.15, 0.2) is 5.13 Å². The minimum absolute atomic E-state index is 0.154. The molecule has 19 heavy (non-hydrogen) atoms. The topological polar surface area (TPSA) is 28.2 Å². The Balaban J connectivity index is 3.03. The summed E-state index contributed by atoms with van der Waals surface area (Å²) < 4.78 is 0. The molecule has 1 aromatic rings. The highest BCUT2D eigenvalue weighted by Crippen LogP contribution is 2.33.